The summed E-state index contributed by atoms with van der Waals surface area (Å²) in [6, 6.07) is 8.41. The highest BCUT2D eigenvalue weighted by molar-refractivity contribution is 14.1. The largest absolute Gasteiger partial charge is 0.465 e. The predicted molar refractivity (Wildman–Crippen MR) is 180 cm³/mol. The normalized spacial score (nSPS) is 18.7. The second-order valence-corrected chi connectivity index (χ2v) is 13.5. The Labute approximate surface area is 288 Å². The van der Waals surface area contributed by atoms with Crippen molar-refractivity contribution in [1.82, 2.24) is 30.9 Å². The summed E-state index contributed by atoms with van der Waals surface area (Å²) in [4.78, 5) is 60.2. The van der Waals surface area contributed by atoms with Crippen molar-refractivity contribution in [2.24, 2.45) is 23.7 Å². The Morgan fingerprint density at radius 1 is 1.02 bits per heavy atom. The van der Waals surface area contributed by atoms with Gasteiger partial charge in [0.15, 0.2) is 5.78 Å². The van der Waals surface area contributed by atoms with E-state index >= 15 is 0 Å². The molecule has 2 aromatic rings. The first-order valence-electron chi connectivity index (χ1n) is 16.4. The molecule has 1 aromatic heterocycles. The van der Waals surface area contributed by atoms with Crippen LogP contribution in [-0.4, -0.2) is 77.5 Å². The van der Waals surface area contributed by atoms with Crippen LogP contribution in [0.1, 0.15) is 69.3 Å². The van der Waals surface area contributed by atoms with E-state index in [2.05, 4.69) is 73.1 Å². The van der Waals surface area contributed by atoms with Gasteiger partial charge in [-0.2, -0.15) is 0 Å². The minimum absolute atomic E-state index is 0.0695. The number of halogens is 1. The lowest BCUT2D eigenvalue weighted by atomic mass is 9.95. The van der Waals surface area contributed by atoms with Gasteiger partial charge in [-0.15, -0.1) is 5.10 Å². The number of hydrogen-bond donors (Lipinski definition) is 3. The van der Waals surface area contributed by atoms with Crippen molar-refractivity contribution in [2.75, 3.05) is 32.8 Å². The van der Waals surface area contributed by atoms with Crippen molar-refractivity contribution in [3.8, 4) is 0 Å². The maximum atomic E-state index is 12.7. The molecule has 0 saturated heterocycles. The SMILES string of the molecule is CCOC(=O)CNC(=O)C(CCCCNC(=O)OC[C@@H]1C2CCc3nnn(Cc4cccc([125I])c4)c3CCC21)CC(=O)CNC(C)=O. The van der Waals surface area contributed by atoms with Crippen LogP contribution in [0, 0.1) is 27.2 Å². The molecule has 1 heterocycles. The Hall–Kier alpha value is -3.56. The van der Waals surface area contributed by atoms with Gasteiger partial charge in [0.25, 0.3) is 0 Å². The number of benzene rings is 1. The van der Waals surface area contributed by atoms with Crippen molar-refractivity contribution in [3.63, 3.8) is 0 Å². The standard InChI is InChI=1S/C33H45IN6O7/c1-3-46-31(43)18-37-32(44)23(16-25(42)17-36-21(2)41)8-4-5-14-35-33(45)47-20-28-26-10-12-29-30(13-11-27(26)28)40(39-38-29)19-22-7-6-9-24(34)15-22/h6-7,9,15,23,26-28H,3-5,8,10-14,16-20H2,1-2H3,(H,35,45)(H,36,41)(H,37,44)/t23?,26?,27?,28-/m1/s1/i34-2. The van der Waals surface area contributed by atoms with Gasteiger partial charge < -0.3 is 25.4 Å². The lowest BCUT2D eigenvalue weighted by Crippen LogP contribution is -2.37. The lowest BCUT2D eigenvalue weighted by molar-refractivity contribution is -0.144. The number of fused-ring (bicyclic) bond motifs is 2. The number of rotatable bonds is 17. The van der Waals surface area contributed by atoms with Gasteiger partial charge in [0.1, 0.15) is 6.54 Å². The quantitative estimate of drug-likeness (QED) is 0.125. The smallest absolute Gasteiger partial charge is 0.407 e. The molecule has 3 amide bonds. The molecule has 256 valence electrons. The van der Waals surface area contributed by atoms with Gasteiger partial charge in [0, 0.05) is 29.4 Å². The topological polar surface area (TPSA) is 171 Å². The number of alkyl carbamates (subject to hydrolysis) is 1. The molecule has 4 atom stereocenters. The molecule has 4 rings (SSSR count). The molecule has 2 aliphatic rings. The molecule has 0 bridgehead atoms. The third-order valence-electron chi connectivity index (χ3n) is 8.82. The molecule has 14 heteroatoms. The molecular formula is C33H45IN6O7. The van der Waals surface area contributed by atoms with Gasteiger partial charge in [-0.3, -0.25) is 19.2 Å². The van der Waals surface area contributed by atoms with Crippen molar-refractivity contribution in [2.45, 2.75) is 71.8 Å². The van der Waals surface area contributed by atoms with Gasteiger partial charge in [-0.05, 0) is 103 Å². The summed E-state index contributed by atoms with van der Waals surface area (Å²) in [5, 5.41) is 16.7. The Morgan fingerprint density at radius 3 is 2.55 bits per heavy atom. The summed E-state index contributed by atoms with van der Waals surface area (Å²) in [7, 11) is 0. The van der Waals surface area contributed by atoms with Gasteiger partial charge in [0.2, 0.25) is 11.8 Å². The van der Waals surface area contributed by atoms with Gasteiger partial charge in [-0.25, -0.2) is 9.48 Å². The van der Waals surface area contributed by atoms with Crippen LogP contribution in [0.25, 0.3) is 0 Å². The monoisotopic (exact) mass is 762 g/mol. The number of nitrogens with one attached hydrogen (secondary N) is 3. The molecule has 13 nitrogen and oxygen atoms in total. The average molecular weight is 763 g/mol. The molecule has 1 fully saturated rings. The van der Waals surface area contributed by atoms with E-state index in [-0.39, 0.29) is 37.8 Å². The van der Waals surface area contributed by atoms with E-state index in [4.69, 9.17) is 9.47 Å². The first kappa shape index (κ1) is 36.3. The number of hydrogen-bond acceptors (Lipinski definition) is 9. The van der Waals surface area contributed by atoms with Crippen molar-refractivity contribution in [1.29, 1.82) is 0 Å². The third-order valence-corrected chi connectivity index (χ3v) is 9.50. The van der Waals surface area contributed by atoms with Crippen LogP contribution in [0.15, 0.2) is 24.3 Å². The lowest BCUT2D eigenvalue weighted by Gasteiger charge is -2.16. The summed E-state index contributed by atoms with van der Waals surface area (Å²) >= 11 is 2.32. The number of Topliss-reactive ketones (excluding diaryl/α,β-unsaturated/α-hetero) is 1. The molecular weight excluding hydrogens is 717 g/mol. The minimum atomic E-state index is -0.671. The van der Waals surface area contributed by atoms with E-state index < -0.39 is 23.9 Å². The Morgan fingerprint density at radius 2 is 1.81 bits per heavy atom. The molecule has 47 heavy (non-hydrogen) atoms. The number of aryl methyl sites for hydroxylation is 1. The van der Waals surface area contributed by atoms with Gasteiger partial charge in [-0.1, -0.05) is 23.8 Å². The van der Waals surface area contributed by atoms with E-state index in [1.165, 1.54) is 21.8 Å². The molecule has 0 radical (unpaired) electrons. The number of aromatic nitrogens is 3. The van der Waals surface area contributed by atoms with Crippen molar-refractivity contribution in [3.05, 3.63) is 44.8 Å². The highest BCUT2D eigenvalue weighted by Gasteiger charge is 2.50. The molecule has 3 N–H and O–H groups in total. The highest BCUT2D eigenvalue weighted by Crippen LogP contribution is 2.52. The second kappa shape index (κ2) is 18.1. The maximum Gasteiger partial charge on any atom is 0.407 e. The van der Waals surface area contributed by atoms with E-state index in [9.17, 15) is 24.0 Å². The number of carbonyl (C=O) groups is 5. The summed E-state index contributed by atoms with van der Waals surface area (Å²) in [6.07, 6.45) is 4.82. The van der Waals surface area contributed by atoms with Crippen LogP contribution in [0.3, 0.4) is 0 Å². The molecule has 0 aliphatic heterocycles. The molecule has 3 unspecified atom stereocenters. The maximum absolute atomic E-state index is 12.7. The van der Waals surface area contributed by atoms with Gasteiger partial charge >= 0.3 is 12.1 Å². The molecule has 1 aromatic carbocycles. The zero-order valence-electron chi connectivity index (χ0n) is 27.1. The number of esters is 1. The number of carbonyl (C=O) groups excluding carboxylic acids is 5. The van der Waals surface area contributed by atoms with E-state index in [1.54, 1.807) is 6.92 Å². The van der Waals surface area contributed by atoms with Crippen LogP contribution in [0.2, 0.25) is 0 Å². The zero-order chi connectivity index (χ0) is 33.8. The van der Waals surface area contributed by atoms with Crippen LogP contribution in [0.5, 0.6) is 0 Å². The van der Waals surface area contributed by atoms with Crippen LogP contribution < -0.4 is 16.0 Å². The van der Waals surface area contributed by atoms with E-state index in [1.807, 2.05) is 4.68 Å². The number of ketones is 1. The summed E-state index contributed by atoms with van der Waals surface area (Å²) in [6.45, 7) is 4.20. The Balaban J connectivity index is 1.15. The summed E-state index contributed by atoms with van der Waals surface area (Å²) < 4.78 is 13.6. The van der Waals surface area contributed by atoms with E-state index in [0.29, 0.717) is 56.7 Å². The molecule has 2 aliphatic carbocycles. The van der Waals surface area contributed by atoms with Crippen LogP contribution >= 0.6 is 22.6 Å². The molecule has 0 spiro atoms. The number of amides is 3. The number of nitrogens with zero attached hydrogens (tertiary/aromatic N) is 3. The third kappa shape index (κ3) is 11.6. The van der Waals surface area contributed by atoms with Crippen molar-refractivity contribution < 1.29 is 33.4 Å². The fourth-order valence-electron chi connectivity index (χ4n) is 6.35. The fraction of sp³-hybridized carbons (Fsp3) is 0.606. The van der Waals surface area contributed by atoms with Crippen molar-refractivity contribution >= 4 is 52.3 Å². The first-order chi connectivity index (χ1) is 22.6. The second-order valence-electron chi connectivity index (χ2n) is 12.2. The average Bonchev–Trinajstić information content (AvgIpc) is 3.55. The Kier molecular flexibility index (Phi) is 14.0. The summed E-state index contributed by atoms with van der Waals surface area (Å²) in [5.74, 6) is -0.874. The van der Waals surface area contributed by atoms with Crippen LogP contribution in [0.4, 0.5) is 4.79 Å². The minimum Gasteiger partial charge on any atom is -0.465 e. The number of ether oxygens (including phenoxy) is 2. The highest BCUT2D eigenvalue weighted by atomic mass is 125. The number of unbranched alkanes of at least 4 members (excludes halogenated alkanes) is 1. The predicted octanol–water partition coefficient (Wildman–Crippen LogP) is 2.96. The zero-order valence-corrected chi connectivity index (χ0v) is 29.3. The molecule has 1 saturated carbocycles. The first-order valence-corrected chi connectivity index (χ1v) is 17.5. The Bertz CT molecular complexity index is 1420. The van der Waals surface area contributed by atoms with E-state index in [0.717, 1.165) is 31.4 Å². The van der Waals surface area contributed by atoms with Crippen LogP contribution in [-0.2, 0) is 48.0 Å². The summed E-state index contributed by atoms with van der Waals surface area (Å²) in [5.41, 5.74) is 3.50. The fourth-order valence-corrected chi connectivity index (χ4v) is 6.95. The van der Waals surface area contributed by atoms with Gasteiger partial charge in [0.05, 0.1) is 37.7 Å².